The molecule has 0 saturated carbocycles. The van der Waals surface area contributed by atoms with Crippen molar-refractivity contribution in [3.8, 4) is 0 Å². The Morgan fingerprint density at radius 3 is 1.93 bits per heavy atom. The summed E-state index contributed by atoms with van der Waals surface area (Å²) in [7, 11) is 1.63. The molecule has 0 heterocycles. The summed E-state index contributed by atoms with van der Waals surface area (Å²) in [6.45, 7) is 6.41. The molecular formula is C11H15ClO2S. The summed E-state index contributed by atoms with van der Waals surface area (Å²) >= 11 is 0. The van der Waals surface area contributed by atoms with Crippen molar-refractivity contribution >= 4 is 19.7 Å². The smallest absolute Gasteiger partial charge is 0.207 e. The van der Waals surface area contributed by atoms with E-state index in [1.807, 2.05) is 0 Å². The van der Waals surface area contributed by atoms with Crippen molar-refractivity contribution in [2.75, 3.05) is 0 Å². The maximum atomic E-state index is 11.0. The highest BCUT2D eigenvalue weighted by molar-refractivity contribution is 8.13. The molecular weight excluding hydrogens is 232 g/mol. The minimum atomic E-state index is -3.59. The van der Waals surface area contributed by atoms with Crippen LogP contribution in [-0.2, 0) is 15.5 Å². The molecule has 0 aromatic heterocycles. The van der Waals surface area contributed by atoms with Gasteiger partial charge in [0.05, 0.1) is 4.90 Å². The van der Waals surface area contributed by atoms with E-state index in [9.17, 15) is 8.42 Å². The van der Waals surface area contributed by atoms with Crippen LogP contribution in [0.1, 0.15) is 26.3 Å². The zero-order chi connectivity index (χ0) is 11.7. The van der Waals surface area contributed by atoms with Crippen LogP contribution in [0.5, 0.6) is 0 Å². The van der Waals surface area contributed by atoms with Crippen LogP contribution in [0.3, 0.4) is 0 Å². The van der Waals surface area contributed by atoms with Crippen LogP contribution < -0.4 is 0 Å². The summed E-state index contributed by atoms with van der Waals surface area (Å²) < 4.78 is 22.0. The van der Waals surface area contributed by atoms with Crippen LogP contribution >= 0.6 is 10.7 Å². The van der Waals surface area contributed by atoms with Gasteiger partial charge in [0, 0.05) is 10.7 Å². The van der Waals surface area contributed by atoms with E-state index in [1.54, 1.807) is 24.3 Å². The summed E-state index contributed by atoms with van der Waals surface area (Å²) in [5.41, 5.74) is 1.31. The van der Waals surface area contributed by atoms with E-state index >= 15 is 0 Å². The minimum Gasteiger partial charge on any atom is -0.207 e. The maximum Gasteiger partial charge on any atom is 0.261 e. The van der Waals surface area contributed by atoms with Gasteiger partial charge in [-0.05, 0) is 29.5 Å². The van der Waals surface area contributed by atoms with Gasteiger partial charge in [0.25, 0.3) is 9.05 Å². The lowest BCUT2D eigenvalue weighted by atomic mass is 9.88. The predicted molar refractivity (Wildman–Crippen MR) is 62.6 cm³/mol. The van der Waals surface area contributed by atoms with Crippen molar-refractivity contribution in [3.05, 3.63) is 29.8 Å². The first-order chi connectivity index (χ1) is 6.68. The fourth-order valence-corrected chi connectivity index (χ4v) is 2.15. The van der Waals surface area contributed by atoms with Gasteiger partial charge in [-0.3, -0.25) is 0 Å². The van der Waals surface area contributed by atoms with Crippen LogP contribution in [0.2, 0.25) is 0 Å². The van der Waals surface area contributed by atoms with Crippen LogP contribution in [0, 0.1) is 5.41 Å². The van der Waals surface area contributed by atoms with Crippen LogP contribution in [0.15, 0.2) is 29.2 Å². The van der Waals surface area contributed by atoms with Gasteiger partial charge in [0.2, 0.25) is 0 Å². The molecule has 0 unspecified atom stereocenters. The van der Waals surface area contributed by atoms with Gasteiger partial charge < -0.3 is 0 Å². The second-order valence-corrected chi connectivity index (χ2v) is 7.39. The van der Waals surface area contributed by atoms with Crippen LogP contribution in [0.25, 0.3) is 0 Å². The summed E-state index contributed by atoms with van der Waals surface area (Å²) in [6, 6.07) is 6.70. The van der Waals surface area contributed by atoms with E-state index in [0.717, 1.165) is 12.0 Å². The third kappa shape index (κ3) is 4.22. The van der Waals surface area contributed by atoms with Gasteiger partial charge in [0.1, 0.15) is 0 Å². The van der Waals surface area contributed by atoms with Crippen molar-refractivity contribution in [3.63, 3.8) is 0 Å². The number of hydrogen-bond acceptors (Lipinski definition) is 2. The lowest BCUT2D eigenvalue weighted by Gasteiger charge is -2.17. The van der Waals surface area contributed by atoms with Gasteiger partial charge in [-0.1, -0.05) is 32.9 Å². The second-order valence-electron chi connectivity index (χ2n) is 4.82. The third-order valence-corrected chi connectivity index (χ3v) is 3.31. The van der Waals surface area contributed by atoms with Crippen LogP contribution in [-0.4, -0.2) is 8.42 Å². The number of hydrogen-bond donors (Lipinski definition) is 0. The molecule has 0 N–H and O–H groups in total. The molecule has 2 nitrogen and oxygen atoms in total. The molecule has 0 spiro atoms. The van der Waals surface area contributed by atoms with Gasteiger partial charge in [0.15, 0.2) is 0 Å². The van der Waals surface area contributed by atoms with Gasteiger partial charge in [-0.15, -0.1) is 0 Å². The normalized spacial score (nSPS) is 12.8. The zero-order valence-corrected chi connectivity index (χ0v) is 10.7. The Morgan fingerprint density at radius 2 is 1.60 bits per heavy atom. The Labute approximate surface area is 95.7 Å². The summed E-state index contributed by atoms with van der Waals surface area (Å²) in [5.74, 6) is 0. The van der Waals surface area contributed by atoms with E-state index in [0.29, 0.717) is 0 Å². The molecule has 0 aliphatic rings. The first kappa shape index (κ1) is 12.5. The lowest BCUT2D eigenvalue weighted by molar-refractivity contribution is 0.411. The summed E-state index contributed by atoms with van der Waals surface area (Å²) in [5, 5.41) is 0. The summed E-state index contributed by atoms with van der Waals surface area (Å²) in [6.07, 6.45) is 0.912. The molecule has 0 fully saturated rings. The highest BCUT2D eigenvalue weighted by Crippen LogP contribution is 2.22. The van der Waals surface area contributed by atoms with E-state index < -0.39 is 9.05 Å². The average Bonchev–Trinajstić information content (AvgIpc) is 2.00. The number of rotatable bonds is 2. The monoisotopic (exact) mass is 246 g/mol. The lowest BCUT2D eigenvalue weighted by Crippen LogP contribution is -2.09. The Balaban J connectivity index is 2.92. The Kier molecular flexibility index (Phi) is 3.46. The minimum absolute atomic E-state index is 0.154. The molecule has 1 aromatic rings. The standard InChI is InChI=1S/C11H15ClO2S/c1-11(2,3)8-9-4-6-10(7-5-9)15(12,13)14/h4-7H,8H2,1-3H3. The van der Waals surface area contributed by atoms with Crippen LogP contribution in [0.4, 0.5) is 0 Å². The van der Waals surface area contributed by atoms with Crippen molar-refractivity contribution in [1.82, 2.24) is 0 Å². The van der Waals surface area contributed by atoms with Crippen molar-refractivity contribution < 1.29 is 8.42 Å². The Bertz CT molecular complexity index is 427. The predicted octanol–water partition coefficient (Wildman–Crippen LogP) is 3.20. The molecule has 0 aliphatic carbocycles. The molecule has 84 valence electrons. The Hall–Kier alpha value is -0.540. The van der Waals surface area contributed by atoms with Crippen molar-refractivity contribution in [1.29, 1.82) is 0 Å². The third-order valence-electron chi connectivity index (χ3n) is 1.94. The van der Waals surface area contributed by atoms with Gasteiger partial charge in [-0.2, -0.15) is 0 Å². The van der Waals surface area contributed by atoms with E-state index in [4.69, 9.17) is 10.7 Å². The number of benzene rings is 1. The van der Waals surface area contributed by atoms with Gasteiger partial charge >= 0.3 is 0 Å². The highest BCUT2D eigenvalue weighted by Gasteiger charge is 2.13. The molecule has 1 rings (SSSR count). The first-order valence-electron chi connectivity index (χ1n) is 4.72. The average molecular weight is 247 g/mol. The molecule has 15 heavy (non-hydrogen) atoms. The quantitative estimate of drug-likeness (QED) is 0.751. The molecule has 0 saturated heterocycles. The van der Waals surface area contributed by atoms with E-state index in [-0.39, 0.29) is 10.3 Å². The largest absolute Gasteiger partial charge is 0.261 e. The SMILES string of the molecule is CC(C)(C)Cc1ccc(S(=O)(=O)Cl)cc1. The first-order valence-corrected chi connectivity index (χ1v) is 7.03. The molecule has 0 amide bonds. The molecule has 0 radical (unpaired) electrons. The Morgan fingerprint density at radius 1 is 1.13 bits per heavy atom. The number of halogens is 1. The van der Waals surface area contributed by atoms with E-state index in [1.165, 1.54) is 0 Å². The molecule has 1 aromatic carbocycles. The van der Waals surface area contributed by atoms with E-state index in [2.05, 4.69) is 20.8 Å². The van der Waals surface area contributed by atoms with Crippen molar-refractivity contribution in [2.24, 2.45) is 5.41 Å². The topological polar surface area (TPSA) is 34.1 Å². The molecule has 0 aliphatic heterocycles. The second kappa shape index (κ2) is 4.14. The molecule has 0 bridgehead atoms. The molecule has 4 heteroatoms. The zero-order valence-electron chi connectivity index (χ0n) is 9.12. The van der Waals surface area contributed by atoms with Crippen molar-refractivity contribution in [2.45, 2.75) is 32.1 Å². The maximum absolute atomic E-state index is 11.0. The fourth-order valence-electron chi connectivity index (χ4n) is 1.38. The van der Waals surface area contributed by atoms with Gasteiger partial charge in [-0.25, -0.2) is 8.42 Å². The summed E-state index contributed by atoms with van der Waals surface area (Å²) in [4.78, 5) is 0.154. The molecule has 0 atom stereocenters. The fraction of sp³-hybridized carbons (Fsp3) is 0.455. The highest BCUT2D eigenvalue weighted by atomic mass is 35.7.